The summed E-state index contributed by atoms with van der Waals surface area (Å²) < 4.78 is 72.4. The van der Waals surface area contributed by atoms with Crippen molar-refractivity contribution in [3.05, 3.63) is 94.5 Å². The van der Waals surface area contributed by atoms with E-state index >= 15 is 0 Å². The molecule has 1 fully saturated rings. The summed E-state index contributed by atoms with van der Waals surface area (Å²) in [6.45, 7) is 2.95. The van der Waals surface area contributed by atoms with Crippen molar-refractivity contribution in [3.63, 3.8) is 0 Å². The number of rotatable bonds is 11. The van der Waals surface area contributed by atoms with Gasteiger partial charge in [-0.3, -0.25) is 18.9 Å². The van der Waals surface area contributed by atoms with Crippen molar-refractivity contribution in [2.45, 2.75) is 55.7 Å². The Hall–Kier alpha value is -4.78. The zero-order valence-electron chi connectivity index (χ0n) is 28.8. The number of sulfone groups is 1. The van der Waals surface area contributed by atoms with Gasteiger partial charge >= 0.3 is 0 Å². The Morgan fingerprint density at radius 2 is 1.81 bits per heavy atom. The molecule has 6 rings (SSSR count). The van der Waals surface area contributed by atoms with E-state index in [0.29, 0.717) is 39.9 Å². The average Bonchev–Trinajstić information content (AvgIpc) is 3.71. The van der Waals surface area contributed by atoms with Crippen LogP contribution in [0, 0.1) is 23.5 Å². The molecule has 1 saturated carbocycles. The molecule has 5 aromatic rings. The molecule has 11 nitrogen and oxygen atoms in total. The molecule has 2 atom stereocenters. The third-order valence-electron chi connectivity index (χ3n) is 8.52. The maximum absolute atomic E-state index is 14.5. The van der Waals surface area contributed by atoms with Crippen molar-refractivity contribution in [3.8, 4) is 23.0 Å². The first kappa shape index (κ1) is 37.0. The van der Waals surface area contributed by atoms with E-state index in [4.69, 9.17) is 16.6 Å². The largest absolute Gasteiger partial charge is 0.346 e. The average molecular weight is 768 g/mol. The molecule has 52 heavy (non-hydrogen) atoms. The third kappa shape index (κ3) is 7.99. The Balaban J connectivity index is 1.55. The second-order valence-corrected chi connectivity index (χ2v) is 18.7. The summed E-state index contributed by atoms with van der Waals surface area (Å²) in [5.41, 5.74) is 2.28. The van der Waals surface area contributed by atoms with Gasteiger partial charge in [0.1, 0.15) is 28.6 Å². The van der Waals surface area contributed by atoms with E-state index in [1.54, 1.807) is 62.1 Å². The van der Waals surface area contributed by atoms with Crippen LogP contribution >= 0.6 is 11.6 Å². The van der Waals surface area contributed by atoms with Crippen molar-refractivity contribution in [1.29, 1.82) is 0 Å². The quantitative estimate of drug-likeness (QED) is 0.138. The Labute approximate surface area is 305 Å². The first-order valence-corrected chi connectivity index (χ1v) is 20.2. The van der Waals surface area contributed by atoms with E-state index in [2.05, 4.69) is 37.9 Å². The first-order chi connectivity index (χ1) is 24.4. The van der Waals surface area contributed by atoms with Crippen LogP contribution in [0.1, 0.15) is 49.7 Å². The number of halogens is 3. The molecule has 16 heteroatoms. The number of nitrogens with one attached hydrogen (secondary N) is 2. The minimum atomic E-state index is -3.54. The monoisotopic (exact) mass is 767 g/mol. The van der Waals surface area contributed by atoms with Crippen molar-refractivity contribution >= 4 is 59.6 Å². The first-order valence-electron chi connectivity index (χ1n) is 16.2. The van der Waals surface area contributed by atoms with Gasteiger partial charge in [0.2, 0.25) is 5.91 Å². The fraction of sp³-hybridized carbons (Fsp3) is 0.306. The summed E-state index contributed by atoms with van der Waals surface area (Å²) in [6, 6.07) is 10.5. The molecule has 3 aromatic heterocycles. The highest BCUT2D eigenvalue weighted by molar-refractivity contribution is 8.00. The number of pyridine rings is 1. The topological polar surface area (TPSA) is 141 Å². The standard InChI is InChI=1S/C36H36ClF2N7O4S2/c1-36(2,52(49,50)26-8-9-26)14-13-25-7-10-27(28-11-12-29(37)32-34(28)45(3)43-35(32)44-51(4,5)48)33(41-25)30(19-22-17-23(38)20-24(39)18-22)42-31(47)21-46-16-6-15-40-46/h6-7,10-12,15-18,20,26,30H,4,8-9,19,21H2,1-3,5H3,(H,42,47)(H,43,44,48)/t30-,51?/m0/s1. The number of carbonyl (C=O) groups excluding carboxylic acids is 1. The van der Waals surface area contributed by atoms with E-state index in [1.165, 1.54) is 29.3 Å². The number of amides is 1. The Morgan fingerprint density at radius 1 is 1.12 bits per heavy atom. The second-order valence-electron chi connectivity index (χ2n) is 13.3. The lowest BCUT2D eigenvalue weighted by molar-refractivity contribution is -0.122. The number of hydrogen-bond acceptors (Lipinski definition) is 7. The molecule has 1 aliphatic carbocycles. The molecular formula is C36H36ClF2N7O4S2. The van der Waals surface area contributed by atoms with Crippen molar-refractivity contribution < 1.29 is 26.2 Å². The van der Waals surface area contributed by atoms with Gasteiger partial charge in [-0.1, -0.05) is 23.6 Å². The third-order valence-corrected chi connectivity index (χ3v) is 12.3. The van der Waals surface area contributed by atoms with Crippen LogP contribution in [-0.4, -0.2) is 65.2 Å². The van der Waals surface area contributed by atoms with Crippen LogP contribution in [0.15, 0.2) is 60.9 Å². The van der Waals surface area contributed by atoms with Crippen LogP contribution in [0.5, 0.6) is 0 Å². The number of aryl methyl sites for hydroxylation is 1. The van der Waals surface area contributed by atoms with Crippen molar-refractivity contribution in [2.75, 3.05) is 11.0 Å². The molecule has 0 aliphatic heterocycles. The van der Waals surface area contributed by atoms with Crippen LogP contribution in [0.25, 0.3) is 22.0 Å². The van der Waals surface area contributed by atoms with Crippen LogP contribution < -0.4 is 10.0 Å². The number of fused-ring (bicyclic) bond motifs is 1. The zero-order chi connectivity index (χ0) is 37.6. The smallest absolute Gasteiger partial charge is 0.242 e. The minimum absolute atomic E-state index is 0.0910. The van der Waals surface area contributed by atoms with E-state index < -0.39 is 53.1 Å². The van der Waals surface area contributed by atoms with Gasteiger partial charge in [-0.25, -0.2) is 26.4 Å². The van der Waals surface area contributed by atoms with Crippen molar-refractivity contribution in [2.24, 2.45) is 7.05 Å². The Kier molecular flexibility index (Phi) is 9.95. The lowest BCUT2D eigenvalue weighted by atomic mass is 9.93. The number of aromatic nitrogens is 5. The molecule has 2 aromatic carbocycles. The van der Waals surface area contributed by atoms with Crippen LogP contribution in [0.4, 0.5) is 14.6 Å². The molecule has 3 heterocycles. The molecule has 0 saturated heterocycles. The van der Waals surface area contributed by atoms with Gasteiger partial charge in [-0.05, 0) is 86.9 Å². The Morgan fingerprint density at radius 3 is 2.44 bits per heavy atom. The van der Waals surface area contributed by atoms with Gasteiger partial charge in [0.15, 0.2) is 15.7 Å². The van der Waals surface area contributed by atoms with Gasteiger partial charge in [0.05, 0.1) is 32.9 Å². The molecule has 1 unspecified atom stereocenters. The van der Waals surface area contributed by atoms with Gasteiger partial charge in [-0.2, -0.15) is 10.2 Å². The number of anilines is 1. The number of hydrogen-bond donors (Lipinski definition) is 2. The lowest BCUT2D eigenvalue weighted by Crippen LogP contribution is -2.34. The summed E-state index contributed by atoms with van der Waals surface area (Å²) >= 11 is 6.69. The van der Waals surface area contributed by atoms with Crippen molar-refractivity contribution in [1.82, 2.24) is 29.9 Å². The summed E-state index contributed by atoms with van der Waals surface area (Å²) in [6.07, 6.45) is 5.67. The highest BCUT2D eigenvalue weighted by Gasteiger charge is 2.45. The number of benzene rings is 2. The second kappa shape index (κ2) is 14.0. The zero-order valence-corrected chi connectivity index (χ0v) is 31.2. The van der Waals surface area contributed by atoms with Gasteiger partial charge in [-0.15, -0.1) is 0 Å². The van der Waals surface area contributed by atoms with E-state index in [9.17, 15) is 26.2 Å². The highest BCUT2D eigenvalue weighted by Crippen LogP contribution is 2.40. The predicted molar refractivity (Wildman–Crippen MR) is 200 cm³/mol. The Bertz CT molecular complexity index is 2470. The molecule has 1 aliphatic rings. The number of carbonyl (C=O) groups is 1. The fourth-order valence-electron chi connectivity index (χ4n) is 5.95. The predicted octanol–water partition coefficient (Wildman–Crippen LogP) is 5.24. The molecule has 0 spiro atoms. The fourth-order valence-corrected chi connectivity index (χ4v) is 8.53. The lowest BCUT2D eigenvalue weighted by Gasteiger charge is -2.23. The highest BCUT2D eigenvalue weighted by atomic mass is 35.5. The van der Waals surface area contributed by atoms with E-state index in [-0.39, 0.29) is 35.7 Å². The molecule has 0 bridgehead atoms. The van der Waals surface area contributed by atoms with Crippen LogP contribution in [0.3, 0.4) is 0 Å². The number of nitrogens with zero attached hydrogens (tertiary/aromatic N) is 5. The SMILES string of the molecule is C=S(C)(=O)Nc1nn(C)c2c(-c3ccc(C#CC(C)(C)S(=O)(=O)C4CC4)nc3[C@H](Cc3cc(F)cc(F)c3)NC(=O)Cn3cccn3)ccc(Cl)c12. The van der Waals surface area contributed by atoms with Gasteiger partial charge < -0.3 is 5.32 Å². The van der Waals surface area contributed by atoms with E-state index in [0.717, 1.165) is 6.07 Å². The molecule has 0 radical (unpaired) electrons. The molecule has 2 N–H and O–H groups in total. The minimum Gasteiger partial charge on any atom is -0.346 e. The van der Waals surface area contributed by atoms with Crippen LogP contribution in [-0.2, 0) is 44.4 Å². The maximum Gasteiger partial charge on any atom is 0.242 e. The summed E-state index contributed by atoms with van der Waals surface area (Å²) in [4.78, 5) is 18.4. The summed E-state index contributed by atoms with van der Waals surface area (Å²) in [5, 5.41) is 11.9. The summed E-state index contributed by atoms with van der Waals surface area (Å²) in [5.74, 6) is 7.68. The molecular weight excluding hydrogens is 732 g/mol. The van der Waals surface area contributed by atoms with Crippen LogP contribution in [0.2, 0.25) is 5.02 Å². The van der Waals surface area contributed by atoms with E-state index in [1.807, 2.05) is 0 Å². The maximum atomic E-state index is 14.5. The normalized spacial score (nSPS) is 15.1. The van der Waals surface area contributed by atoms with Gasteiger partial charge in [0, 0.05) is 52.6 Å². The molecule has 1 amide bonds. The molecule has 272 valence electrons. The van der Waals surface area contributed by atoms with Gasteiger partial charge in [0.25, 0.3) is 0 Å². The summed E-state index contributed by atoms with van der Waals surface area (Å²) in [7, 11) is -4.61.